The first-order chi connectivity index (χ1) is 9.71. The van der Waals surface area contributed by atoms with E-state index in [4.69, 9.17) is 9.47 Å². The zero-order valence-corrected chi connectivity index (χ0v) is 11.8. The van der Waals surface area contributed by atoms with Gasteiger partial charge in [0.25, 0.3) is 0 Å². The lowest BCUT2D eigenvalue weighted by Crippen LogP contribution is -2.08. The van der Waals surface area contributed by atoms with Crippen LogP contribution in [-0.2, 0) is 11.3 Å². The Morgan fingerprint density at radius 1 is 1.35 bits per heavy atom. The van der Waals surface area contributed by atoms with E-state index in [-0.39, 0.29) is 5.69 Å². The van der Waals surface area contributed by atoms with E-state index in [1.165, 1.54) is 0 Å². The number of carbonyl (C=O) groups excluding carboxylic acids is 1. The van der Waals surface area contributed by atoms with Crippen LogP contribution in [0.1, 0.15) is 24.3 Å². The molecular formula is C14H17N3O3. The third-order valence-electron chi connectivity index (χ3n) is 2.85. The van der Waals surface area contributed by atoms with Crippen molar-refractivity contribution in [2.45, 2.75) is 20.4 Å². The summed E-state index contributed by atoms with van der Waals surface area (Å²) in [4.78, 5) is 12.0. The molecule has 0 saturated carbocycles. The van der Waals surface area contributed by atoms with Gasteiger partial charge in [-0.05, 0) is 26.0 Å². The smallest absolute Gasteiger partial charge is 0.361 e. The molecule has 0 radical (unpaired) electrons. The topological polar surface area (TPSA) is 66.2 Å². The molecule has 6 nitrogen and oxygen atoms in total. The second kappa shape index (κ2) is 6.18. The maximum absolute atomic E-state index is 12.0. The largest absolute Gasteiger partial charge is 0.497 e. The average Bonchev–Trinajstić information content (AvgIpc) is 2.91. The molecule has 0 aliphatic rings. The summed E-state index contributed by atoms with van der Waals surface area (Å²) in [6.07, 6.45) is 0. The van der Waals surface area contributed by atoms with Crippen LogP contribution in [0.15, 0.2) is 24.3 Å². The molecule has 1 aromatic carbocycles. The number of methoxy groups -OCH3 is 1. The van der Waals surface area contributed by atoms with Crippen molar-refractivity contribution in [3.05, 3.63) is 30.0 Å². The maximum Gasteiger partial charge on any atom is 0.361 e. The maximum atomic E-state index is 12.0. The molecule has 2 aromatic rings. The molecule has 0 aliphatic heterocycles. The lowest BCUT2D eigenvalue weighted by molar-refractivity contribution is 0.0520. The van der Waals surface area contributed by atoms with Crippen LogP contribution >= 0.6 is 0 Å². The van der Waals surface area contributed by atoms with Gasteiger partial charge >= 0.3 is 5.97 Å². The van der Waals surface area contributed by atoms with Crippen molar-refractivity contribution >= 4 is 5.97 Å². The first-order valence-electron chi connectivity index (χ1n) is 6.46. The summed E-state index contributed by atoms with van der Waals surface area (Å²) in [5, 5.41) is 7.93. The van der Waals surface area contributed by atoms with E-state index in [1.54, 1.807) is 18.7 Å². The number of carbonyl (C=O) groups is 1. The van der Waals surface area contributed by atoms with Crippen LogP contribution < -0.4 is 4.74 Å². The third kappa shape index (κ3) is 2.64. The summed E-state index contributed by atoms with van der Waals surface area (Å²) >= 11 is 0. The SMILES string of the molecule is CCOC(=O)c1nnn(CC)c1-c1cccc(OC)c1. The molecule has 0 amide bonds. The molecule has 0 aliphatic carbocycles. The lowest BCUT2D eigenvalue weighted by Gasteiger charge is -2.07. The van der Waals surface area contributed by atoms with Crippen LogP contribution in [-0.4, -0.2) is 34.7 Å². The summed E-state index contributed by atoms with van der Waals surface area (Å²) in [6, 6.07) is 7.42. The van der Waals surface area contributed by atoms with Crippen molar-refractivity contribution in [3.8, 4) is 17.0 Å². The van der Waals surface area contributed by atoms with Crippen molar-refractivity contribution in [1.29, 1.82) is 0 Å². The van der Waals surface area contributed by atoms with E-state index in [9.17, 15) is 4.79 Å². The Morgan fingerprint density at radius 3 is 2.80 bits per heavy atom. The molecule has 0 atom stereocenters. The third-order valence-corrected chi connectivity index (χ3v) is 2.85. The number of nitrogens with zero attached hydrogens (tertiary/aromatic N) is 3. The Labute approximate surface area is 117 Å². The van der Waals surface area contributed by atoms with Crippen molar-refractivity contribution in [2.75, 3.05) is 13.7 Å². The van der Waals surface area contributed by atoms with Gasteiger partial charge in [0.2, 0.25) is 0 Å². The Hall–Kier alpha value is -2.37. The number of rotatable bonds is 5. The van der Waals surface area contributed by atoms with Crippen LogP contribution in [0.4, 0.5) is 0 Å². The van der Waals surface area contributed by atoms with Gasteiger partial charge in [0, 0.05) is 12.1 Å². The number of ether oxygens (including phenoxy) is 2. The highest BCUT2D eigenvalue weighted by Crippen LogP contribution is 2.26. The molecule has 1 aromatic heterocycles. The highest BCUT2D eigenvalue weighted by Gasteiger charge is 2.21. The molecule has 0 N–H and O–H groups in total. The Kier molecular flexibility index (Phi) is 4.34. The molecule has 0 saturated heterocycles. The zero-order valence-electron chi connectivity index (χ0n) is 11.8. The normalized spacial score (nSPS) is 10.3. The van der Waals surface area contributed by atoms with Gasteiger partial charge in [-0.15, -0.1) is 5.10 Å². The predicted octanol–water partition coefficient (Wildman–Crippen LogP) is 2.15. The van der Waals surface area contributed by atoms with Gasteiger partial charge in [-0.2, -0.15) is 0 Å². The molecule has 0 unspecified atom stereocenters. The van der Waals surface area contributed by atoms with Gasteiger partial charge in [0.1, 0.15) is 11.4 Å². The molecule has 0 spiro atoms. The first-order valence-corrected chi connectivity index (χ1v) is 6.46. The predicted molar refractivity (Wildman–Crippen MR) is 73.6 cm³/mol. The van der Waals surface area contributed by atoms with Gasteiger partial charge < -0.3 is 9.47 Å². The molecule has 2 rings (SSSR count). The summed E-state index contributed by atoms with van der Waals surface area (Å²) in [6.45, 7) is 4.61. The van der Waals surface area contributed by atoms with Gasteiger partial charge in [-0.1, -0.05) is 17.3 Å². The van der Waals surface area contributed by atoms with Crippen molar-refractivity contribution in [2.24, 2.45) is 0 Å². The minimum atomic E-state index is -0.468. The van der Waals surface area contributed by atoms with Gasteiger partial charge in [-0.3, -0.25) is 0 Å². The number of aryl methyl sites for hydroxylation is 1. The zero-order chi connectivity index (χ0) is 14.5. The number of benzene rings is 1. The summed E-state index contributed by atoms with van der Waals surface area (Å²) in [7, 11) is 1.60. The minimum Gasteiger partial charge on any atom is -0.497 e. The van der Waals surface area contributed by atoms with E-state index in [2.05, 4.69) is 10.3 Å². The van der Waals surface area contributed by atoms with Crippen LogP contribution in [0.5, 0.6) is 5.75 Å². The average molecular weight is 275 g/mol. The molecular weight excluding hydrogens is 258 g/mol. The highest BCUT2D eigenvalue weighted by molar-refractivity contribution is 5.94. The number of aromatic nitrogens is 3. The number of esters is 1. The molecule has 0 fully saturated rings. The second-order valence-corrected chi connectivity index (χ2v) is 4.05. The van der Waals surface area contributed by atoms with E-state index in [1.807, 2.05) is 31.2 Å². The number of hydrogen-bond acceptors (Lipinski definition) is 5. The lowest BCUT2D eigenvalue weighted by atomic mass is 10.1. The monoisotopic (exact) mass is 275 g/mol. The van der Waals surface area contributed by atoms with E-state index >= 15 is 0 Å². The fraction of sp³-hybridized carbons (Fsp3) is 0.357. The first kappa shape index (κ1) is 14.0. The van der Waals surface area contributed by atoms with Gasteiger partial charge in [0.05, 0.1) is 13.7 Å². The Bertz CT molecular complexity index is 607. The van der Waals surface area contributed by atoms with Crippen LogP contribution in [0.2, 0.25) is 0 Å². The molecule has 1 heterocycles. The molecule has 106 valence electrons. The standard InChI is InChI=1S/C14H17N3O3/c1-4-17-13(10-7-6-8-11(9-10)19-3)12(15-16-17)14(18)20-5-2/h6-9H,4-5H2,1-3H3. The van der Waals surface area contributed by atoms with E-state index in [0.29, 0.717) is 24.6 Å². The Morgan fingerprint density at radius 2 is 2.15 bits per heavy atom. The van der Waals surface area contributed by atoms with Crippen LogP contribution in [0, 0.1) is 0 Å². The number of hydrogen-bond donors (Lipinski definition) is 0. The van der Waals surface area contributed by atoms with Crippen molar-refractivity contribution in [3.63, 3.8) is 0 Å². The fourth-order valence-electron chi connectivity index (χ4n) is 1.93. The molecule has 0 bridgehead atoms. The molecule has 6 heteroatoms. The van der Waals surface area contributed by atoms with Crippen LogP contribution in [0.3, 0.4) is 0 Å². The summed E-state index contributed by atoms with van der Waals surface area (Å²) in [5.41, 5.74) is 1.69. The highest BCUT2D eigenvalue weighted by atomic mass is 16.5. The fourth-order valence-corrected chi connectivity index (χ4v) is 1.93. The van der Waals surface area contributed by atoms with Crippen LogP contribution in [0.25, 0.3) is 11.3 Å². The van der Waals surface area contributed by atoms with Crippen molar-refractivity contribution < 1.29 is 14.3 Å². The van der Waals surface area contributed by atoms with Gasteiger partial charge in [0.15, 0.2) is 5.69 Å². The minimum absolute atomic E-state index is 0.224. The summed E-state index contributed by atoms with van der Waals surface area (Å²) < 4.78 is 11.9. The van der Waals surface area contributed by atoms with Gasteiger partial charge in [-0.25, -0.2) is 9.48 Å². The molecule has 20 heavy (non-hydrogen) atoms. The van der Waals surface area contributed by atoms with Crippen molar-refractivity contribution in [1.82, 2.24) is 15.0 Å². The summed E-state index contributed by atoms with van der Waals surface area (Å²) in [5.74, 6) is 0.242. The van der Waals surface area contributed by atoms with E-state index < -0.39 is 5.97 Å². The Balaban J connectivity index is 2.52. The second-order valence-electron chi connectivity index (χ2n) is 4.05. The van der Waals surface area contributed by atoms with E-state index in [0.717, 1.165) is 5.56 Å². The quantitative estimate of drug-likeness (QED) is 0.782.